The van der Waals surface area contributed by atoms with Crippen molar-refractivity contribution < 1.29 is 3.97 Å². The van der Waals surface area contributed by atoms with Crippen molar-refractivity contribution in [2.45, 2.75) is 6.92 Å². The van der Waals surface area contributed by atoms with Crippen LogP contribution in [0.4, 0.5) is 0 Å². The van der Waals surface area contributed by atoms with Gasteiger partial charge in [-0.25, -0.2) is 0 Å². The number of thiol groups is 1. The molecular formula is C5H6ClN2S+. The van der Waals surface area contributed by atoms with Gasteiger partial charge in [-0.15, -0.1) is 0 Å². The second kappa shape index (κ2) is 2.54. The Balaban J connectivity index is 3.17. The average molecular weight is 162 g/mol. The Morgan fingerprint density at radius 3 is 2.89 bits per heavy atom. The summed E-state index contributed by atoms with van der Waals surface area (Å²) in [5.74, 6) is 0. The van der Waals surface area contributed by atoms with E-state index in [4.69, 9.17) is 11.6 Å². The second-order valence-corrected chi connectivity index (χ2v) is 2.45. The first kappa shape index (κ1) is 6.83. The van der Waals surface area contributed by atoms with Crippen LogP contribution in [0.1, 0.15) is 5.69 Å². The molecule has 0 aliphatic heterocycles. The molecule has 1 heterocycles. The van der Waals surface area contributed by atoms with E-state index in [9.17, 15) is 0 Å². The number of aryl methyl sites for hydroxylation is 1. The molecule has 0 aliphatic rings. The van der Waals surface area contributed by atoms with E-state index in [1.807, 2.05) is 13.0 Å². The van der Waals surface area contributed by atoms with Crippen LogP contribution in [0.2, 0.25) is 5.28 Å². The molecule has 0 saturated heterocycles. The van der Waals surface area contributed by atoms with Crippen LogP contribution in [0, 0.1) is 6.92 Å². The van der Waals surface area contributed by atoms with Crippen LogP contribution in [0.25, 0.3) is 0 Å². The highest BCUT2D eigenvalue weighted by molar-refractivity contribution is 7.73. The highest BCUT2D eigenvalue weighted by Gasteiger charge is 2.04. The van der Waals surface area contributed by atoms with Gasteiger partial charge < -0.3 is 0 Å². The maximum absolute atomic E-state index is 5.59. The summed E-state index contributed by atoms with van der Waals surface area (Å²) in [4.78, 5) is 3.93. The van der Waals surface area contributed by atoms with Gasteiger partial charge in [0, 0.05) is 37.4 Å². The zero-order valence-electron chi connectivity index (χ0n) is 4.87. The minimum absolute atomic E-state index is 0.387. The number of nitrogens with zero attached hydrogens (tertiary/aromatic N) is 2. The van der Waals surface area contributed by atoms with Crippen molar-refractivity contribution in [1.82, 2.24) is 4.98 Å². The second-order valence-electron chi connectivity index (χ2n) is 1.68. The first-order chi connectivity index (χ1) is 4.20. The Bertz CT molecular complexity index is 226. The Labute approximate surface area is 64.0 Å². The maximum Gasteiger partial charge on any atom is 0.407 e. The lowest BCUT2D eigenvalue weighted by atomic mass is 10.5. The van der Waals surface area contributed by atoms with Gasteiger partial charge in [-0.3, -0.25) is 0 Å². The summed E-state index contributed by atoms with van der Waals surface area (Å²) in [5.41, 5.74) is 0.894. The third kappa shape index (κ3) is 1.56. The molecule has 0 saturated carbocycles. The van der Waals surface area contributed by atoms with Crippen molar-refractivity contribution in [1.29, 1.82) is 0 Å². The lowest BCUT2D eigenvalue weighted by Gasteiger charge is -1.86. The highest BCUT2D eigenvalue weighted by Crippen LogP contribution is 1.97. The molecule has 0 N–H and O–H groups in total. The Morgan fingerprint density at radius 2 is 2.44 bits per heavy atom. The zero-order valence-corrected chi connectivity index (χ0v) is 6.52. The van der Waals surface area contributed by atoms with Crippen molar-refractivity contribution in [2.24, 2.45) is 0 Å². The Morgan fingerprint density at radius 1 is 1.78 bits per heavy atom. The summed E-state index contributed by atoms with van der Waals surface area (Å²) in [6, 6.07) is 1.83. The molecule has 48 valence electrons. The van der Waals surface area contributed by atoms with E-state index in [-0.39, 0.29) is 0 Å². The molecule has 2 nitrogen and oxygen atoms in total. The number of halogens is 1. The predicted molar refractivity (Wildman–Crippen MR) is 38.6 cm³/mol. The van der Waals surface area contributed by atoms with Gasteiger partial charge in [-0.1, -0.05) is 0 Å². The Hall–Kier alpha value is -0.280. The van der Waals surface area contributed by atoms with E-state index in [0.717, 1.165) is 5.69 Å². The van der Waals surface area contributed by atoms with E-state index >= 15 is 0 Å². The molecule has 0 aromatic carbocycles. The van der Waals surface area contributed by atoms with Crippen LogP contribution in [-0.2, 0) is 0 Å². The van der Waals surface area contributed by atoms with E-state index in [2.05, 4.69) is 17.8 Å². The third-order valence-corrected chi connectivity index (χ3v) is 1.62. The molecule has 4 heteroatoms. The van der Waals surface area contributed by atoms with Crippen LogP contribution >= 0.6 is 24.4 Å². The molecular weight excluding hydrogens is 156 g/mol. The topological polar surface area (TPSA) is 16.8 Å². The largest absolute Gasteiger partial charge is 0.407 e. The monoisotopic (exact) mass is 161 g/mol. The lowest BCUT2D eigenvalue weighted by molar-refractivity contribution is -0.491. The minimum Gasteiger partial charge on any atom is -0.158 e. The van der Waals surface area contributed by atoms with Gasteiger partial charge in [0.05, 0.1) is 0 Å². The van der Waals surface area contributed by atoms with Gasteiger partial charge in [-0.05, 0) is 4.98 Å². The quantitative estimate of drug-likeness (QED) is 0.342. The van der Waals surface area contributed by atoms with Gasteiger partial charge in [0.2, 0.25) is 0 Å². The first-order valence-electron chi connectivity index (χ1n) is 2.44. The van der Waals surface area contributed by atoms with E-state index in [1.165, 1.54) is 3.97 Å². The van der Waals surface area contributed by atoms with Crippen molar-refractivity contribution in [3.8, 4) is 0 Å². The molecule has 9 heavy (non-hydrogen) atoms. The van der Waals surface area contributed by atoms with Crippen molar-refractivity contribution in [3.05, 3.63) is 23.2 Å². The van der Waals surface area contributed by atoms with Crippen LogP contribution in [-0.4, -0.2) is 4.98 Å². The summed E-state index contributed by atoms with van der Waals surface area (Å²) in [7, 11) is 0. The van der Waals surface area contributed by atoms with Crippen molar-refractivity contribution in [2.75, 3.05) is 0 Å². The number of rotatable bonds is 0. The van der Waals surface area contributed by atoms with Gasteiger partial charge in [0.1, 0.15) is 6.20 Å². The van der Waals surface area contributed by atoms with Crippen LogP contribution in [0.15, 0.2) is 12.3 Å². The normalized spacial score (nSPS) is 9.67. The molecule has 0 amide bonds. The van der Waals surface area contributed by atoms with E-state index < -0.39 is 0 Å². The average Bonchev–Trinajstić information content (AvgIpc) is 1.80. The maximum atomic E-state index is 5.59. The fraction of sp³-hybridized carbons (Fsp3) is 0.200. The Kier molecular flexibility index (Phi) is 1.93. The number of hydrogen-bond donors (Lipinski definition) is 1. The minimum atomic E-state index is 0.387. The molecule has 0 radical (unpaired) electrons. The molecule has 1 aromatic heterocycles. The van der Waals surface area contributed by atoms with Crippen LogP contribution in [0.5, 0.6) is 0 Å². The summed E-state index contributed by atoms with van der Waals surface area (Å²) in [5, 5.41) is 0.387. The van der Waals surface area contributed by atoms with Crippen LogP contribution in [0.3, 0.4) is 0 Å². The molecule has 0 unspecified atom stereocenters. The van der Waals surface area contributed by atoms with Gasteiger partial charge in [-0.2, -0.15) is 3.97 Å². The molecule has 0 aliphatic carbocycles. The van der Waals surface area contributed by atoms with Gasteiger partial charge in [0.25, 0.3) is 0 Å². The van der Waals surface area contributed by atoms with Crippen molar-refractivity contribution >= 4 is 24.4 Å². The summed E-state index contributed by atoms with van der Waals surface area (Å²) < 4.78 is 1.45. The fourth-order valence-corrected chi connectivity index (χ4v) is 0.775. The summed E-state index contributed by atoms with van der Waals surface area (Å²) in [6.07, 6.45) is 1.74. The number of hydrogen-bond acceptors (Lipinski definition) is 2. The summed E-state index contributed by atoms with van der Waals surface area (Å²) in [6.45, 7) is 1.87. The van der Waals surface area contributed by atoms with E-state index in [1.54, 1.807) is 6.20 Å². The van der Waals surface area contributed by atoms with Crippen LogP contribution < -0.4 is 3.97 Å². The standard InChI is InChI=1S/C5H6ClN2S/c1-4-2-3-8(9)5(6)7-4/h2-3,9H,1H3/q+1. The SMILES string of the molecule is Cc1cc[n+](S)c(Cl)n1. The lowest BCUT2D eigenvalue weighted by Crippen LogP contribution is -2.22. The third-order valence-electron chi connectivity index (χ3n) is 0.915. The number of aromatic nitrogens is 2. The van der Waals surface area contributed by atoms with E-state index in [0.29, 0.717) is 5.28 Å². The fourth-order valence-electron chi connectivity index (χ4n) is 0.474. The molecule has 0 spiro atoms. The zero-order chi connectivity index (χ0) is 6.85. The molecule has 1 rings (SSSR count). The molecule has 0 atom stereocenters. The highest BCUT2D eigenvalue weighted by atomic mass is 35.5. The molecule has 0 fully saturated rings. The smallest absolute Gasteiger partial charge is 0.158 e. The predicted octanol–water partition coefficient (Wildman–Crippen LogP) is 1.02. The van der Waals surface area contributed by atoms with Gasteiger partial charge >= 0.3 is 5.28 Å². The molecule has 0 bridgehead atoms. The first-order valence-corrected chi connectivity index (χ1v) is 3.22. The summed E-state index contributed by atoms with van der Waals surface area (Å²) >= 11 is 9.56. The van der Waals surface area contributed by atoms with Crippen molar-refractivity contribution in [3.63, 3.8) is 0 Å². The molecule has 1 aromatic rings. The van der Waals surface area contributed by atoms with Gasteiger partial charge in [0.15, 0.2) is 5.69 Å².